The second kappa shape index (κ2) is 6.68. The smallest absolute Gasteiger partial charge is 0.192 e. The molecule has 0 atom stereocenters. The van der Waals surface area contributed by atoms with Crippen LogP contribution in [0.25, 0.3) is 21.5 Å². The van der Waals surface area contributed by atoms with Gasteiger partial charge in [-0.05, 0) is 31.0 Å². The molecule has 1 aromatic carbocycles. The average molecular weight is 399 g/mol. The van der Waals surface area contributed by atoms with Gasteiger partial charge in [-0.15, -0.1) is 21.5 Å². The average Bonchev–Trinajstić information content (AvgIpc) is 3.36. The third kappa shape index (κ3) is 2.92. The maximum atomic E-state index is 6.59. The van der Waals surface area contributed by atoms with Crippen molar-refractivity contribution in [1.82, 2.24) is 19.7 Å². The molecule has 0 radical (unpaired) electrons. The first-order valence-corrected chi connectivity index (χ1v) is 10.6. The van der Waals surface area contributed by atoms with Gasteiger partial charge in [0.25, 0.3) is 0 Å². The highest BCUT2D eigenvalue weighted by atomic mass is 35.5. The number of hydrogen-bond acceptors (Lipinski definition) is 5. The Kier molecular flexibility index (Phi) is 4.19. The molecule has 1 aliphatic rings. The van der Waals surface area contributed by atoms with E-state index in [4.69, 9.17) is 11.6 Å². The summed E-state index contributed by atoms with van der Waals surface area (Å²) in [5.41, 5.74) is 1.01. The summed E-state index contributed by atoms with van der Waals surface area (Å²) in [5.74, 6) is 1.71. The highest BCUT2D eigenvalue weighted by Crippen LogP contribution is 2.43. The monoisotopic (exact) mass is 398 g/mol. The number of thioether (sulfide) groups is 1. The Bertz CT molecular complexity index is 1070. The van der Waals surface area contributed by atoms with Crippen LogP contribution in [-0.2, 0) is 5.75 Å². The molecule has 0 unspecified atom stereocenters. The minimum atomic E-state index is 0.501. The van der Waals surface area contributed by atoms with Crippen LogP contribution in [-0.4, -0.2) is 19.7 Å². The summed E-state index contributed by atoms with van der Waals surface area (Å²) in [5, 5.41) is 11.9. The normalized spacial score (nSPS) is 14.2. The van der Waals surface area contributed by atoms with E-state index in [0.717, 1.165) is 32.7 Å². The van der Waals surface area contributed by atoms with E-state index in [2.05, 4.69) is 37.9 Å². The molecule has 0 spiro atoms. The van der Waals surface area contributed by atoms with E-state index in [0.29, 0.717) is 6.04 Å². The first-order valence-electron chi connectivity index (χ1n) is 8.45. The Morgan fingerprint density at radius 2 is 2.04 bits per heavy atom. The first-order chi connectivity index (χ1) is 12.8. The van der Waals surface area contributed by atoms with Gasteiger partial charge in [-0.3, -0.25) is 9.55 Å². The Labute approximate surface area is 164 Å². The van der Waals surface area contributed by atoms with E-state index in [1.807, 2.05) is 24.4 Å². The third-order valence-electron chi connectivity index (χ3n) is 4.43. The lowest BCUT2D eigenvalue weighted by atomic mass is 10.2. The highest BCUT2D eigenvalue weighted by molar-refractivity contribution is 7.98. The molecule has 3 heterocycles. The van der Waals surface area contributed by atoms with Gasteiger partial charge in [-0.1, -0.05) is 41.6 Å². The first kappa shape index (κ1) is 16.3. The molecular weight excluding hydrogens is 384 g/mol. The fraction of sp³-hybridized carbons (Fsp3) is 0.211. The van der Waals surface area contributed by atoms with Crippen molar-refractivity contribution in [3.05, 3.63) is 58.7 Å². The van der Waals surface area contributed by atoms with Crippen LogP contribution in [0.3, 0.4) is 0 Å². The zero-order valence-corrected chi connectivity index (χ0v) is 16.2. The van der Waals surface area contributed by atoms with Gasteiger partial charge in [0.1, 0.15) is 0 Å². The van der Waals surface area contributed by atoms with Crippen LogP contribution in [0.5, 0.6) is 0 Å². The number of benzene rings is 1. The molecule has 3 aromatic heterocycles. The number of pyridine rings is 1. The lowest BCUT2D eigenvalue weighted by molar-refractivity contribution is 0.669. The molecule has 4 nitrogen and oxygen atoms in total. The zero-order valence-electron chi connectivity index (χ0n) is 13.8. The van der Waals surface area contributed by atoms with Crippen LogP contribution in [0.1, 0.15) is 23.8 Å². The molecule has 0 amide bonds. The van der Waals surface area contributed by atoms with Gasteiger partial charge in [0.05, 0.1) is 5.02 Å². The van der Waals surface area contributed by atoms with Crippen LogP contribution in [0, 0.1) is 0 Å². The molecular formula is C19H15ClN4S2. The minimum Gasteiger partial charge on any atom is -0.299 e. The van der Waals surface area contributed by atoms with E-state index in [9.17, 15) is 0 Å². The van der Waals surface area contributed by atoms with Gasteiger partial charge in [-0.25, -0.2) is 0 Å². The zero-order chi connectivity index (χ0) is 17.5. The van der Waals surface area contributed by atoms with E-state index in [1.54, 1.807) is 29.3 Å². The second-order valence-corrected chi connectivity index (χ2v) is 8.73. The summed E-state index contributed by atoms with van der Waals surface area (Å²) in [6.07, 6.45) is 5.99. The van der Waals surface area contributed by atoms with Crippen molar-refractivity contribution in [2.45, 2.75) is 29.8 Å². The van der Waals surface area contributed by atoms with Crippen LogP contribution >= 0.6 is 34.7 Å². The Morgan fingerprint density at radius 1 is 1.15 bits per heavy atom. The quantitative estimate of drug-likeness (QED) is 0.396. The Hall–Kier alpha value is -1.89. The van der Waals surface area contributed by atoms with Crippen molar-refractivity contribution in [3.8, 4) is 11.4 Å². The summed E-state index contributed by atoms with van der Waals surface area (Å²) in [7, 11) is 0. The molecule has 130 valence electrons. The number of halogens is 1. The summed E-state index contributed by atoms with van der Waals surface area (Å²) in [4.78, 5) is 5.40. The van der Waals surface area contributed by atoms with Crippen molar-refractivity contribution in [2.75, 3.05) is 0 Å². The maximum absolute atomic E-state index is 6.59. The van der Waals surface area contributed by atoms with Gasteiger partial charge in [0, 0.05) is 44.7 Å². The lowest BCUT2D eigenvalue weighted by Crippen LogP contribution is -1.99. The molecule has 26 heavy (non-hydrogen) atoms. The standard InChI is InChI=1S/C19H15ClN4S2/c20-17-14-5-1-2-6-15(14)26-16(17)11-25-19-23-22-18(24(19)13-7-8-13)12-4-3-9-21-10-12/h1-6,9-10,13H,7-8,11H2. The molecule has 0 aliphatic heterocycles. The minimum absolute atomic E-state index is 0.501. The van der Waals surface area contributed by atoms with Gasteiger partial charge in [0.2, 0.25) is 0 Å². The molecule has 0 saturated heterocycles. The Morgan fingerprint density at radius 3 is 2.81 bits per heavy atom. The van der Waals surface area contributed by atoms with Gasteiger partial charge < -0.3 is 0 Å². The van der Waals surface area contributed by atoms with Crippen molar-refractivity contribution in [2.24, 2.45) is 0 Å². The predicted octanol–water partition coefficient (Wildman–Crippen LogP) is 5.84. The van der Waals surface area contributed by atoms with Crippen LogP contribution in [0.15, 0.2) is 53.9 Å². The Balaban J connectivity index is 1.45. The SMILES string of the molecule is Clc1c(CSc2nnc(-c3cccnc3)n2C2CC2)sc2ccccc12. The van der Waals surface area contributed by atoms with Gasteiger partial charge in [0.15, 0.2) is 11.0 Å². The van der Waals surface area contributed by atoms with Gasteiger partial charge in [-0.2, -0.15) is 0 Å². The number of aromatic nitrogens is 4. The van der Waals surface area contributed by atoms with Crippen LogP contribution in [0.2, 0.25) is 5.02 Å². The maximum Gasteiger partial charge on any atom is 0.192 e. The fourth-order valence-corrected chi connectivity index (χ4v) is 5.68. The van der Waals surface area contributed by atoms with E-state index < -0.39 is 0 Å². The molecule has 0 N–H and O–H groups in total. The van der Waals surface area contributed by atoms with Crippen LogP contribution in [0.4, 0.5) is 0 Å². The molecule has 0 bridgehead atoms. The van der Waals surface area contributed by atoms with Crippen molar-refractivity contribution in [3.63, 3.8) is 0 Å². The molecule has 4 aromatic rings. The highest BCUT2D eigenvalue weighted by Gasteiger charge is 2.30. The third-order valence-corrected chi connectivity index (χ3v) is 7.30. The molecule has 1 aliphatic carbocycles. The molecule has 1 fully saturated rings. The largest absolute Gasteiger partial charge is 0.299 e. The topological polar surface area (TPSA) is 43.6 Å². The van der Waals surface area contributed by atoms with Crippen molar-refractivity contribution >= 4 is 44.8 Å². The number of hydrogen-bond donors (Lipinski definition) is 0. The summed E-state index contributed by atoms with van der Waals surface area (Å²) in [6.45, 7) is 0. The second-order valence-electron chi connectivity index (χ2n) is 6.27. The number of thiophene rings is 1. The number of nitrogens with zero attached hydrogens (tertiary/aromatic N) is 4. The summed E-state index contributed by atoms with van der Waals surface area (Å²) < 4.78 is 3.50. The van der Waals surface area contributed by atoms with Crippen molar-refractivity contribution in [1.29, 1.82) is 0 Å². The summed E-state index contributed by atoms with van der Waals surface area (Å²) in [6, 6.07) is 12.7. The molecule has 5 rings (SSSR count). The fourth-order valence-electron chi connectivity index (χ4n) is 3.02. The van der Waals surface area contributed by atoms with Crippen molar-refractivity contribution < 1.29 is 0 Å². The summed E-state index contributed by atoms with van der Waals surface area (Å²) >= 11 is 10.0. The molecule has 1 saturated carbocycles. The number of rotatable bonds is 5. The van der Waals surface area contributed by atoms with E-state index >= 15 is 0 Å². The van der Waals surface area contributed by atoms with Crippen LogP contribution < -0.4 is 0 Å². The predicted molar refractivity (Wildman–Crippen MR) is 108 cm³/mol. The van der Waals surface area contributed by atoms with E-state index in [-0.39, 0.29) is 0 Å². The lowest BCUT2D eigenvalue weighted by Gasteiger charge is -2.08. The molecule has 7 heteroatoms. The van der Waals surface area contributed by atoms with E-state index in [1.165, 1.54) is 22.4 Å². The number of fused-ring (bicyclic) bond motifs is 1. The van der Waals surface area contributed by atoms with Gasteiger partial charge >= 0.3 is 0 Å².